The molecule has 0 spiro atoms. The Balaban J connectivity index is 1.55. The zero-order valence-corrected chi connectivity index (χ0v) is 11.6. The first-order chi connectivity index (χ1) is 10.2. The van der Waals surface area contributed by atoms with Crippen molar-refractivity contribution in [2.75, 3.05) is 19.6 Å². The number of imidazole rings is 1. The van der Waals surface area contributed by atoms with Crippen molar-refractivity contribution in [3.63, 3.8) is 0 Å². The van der Waals surface area contributed by atoms with Gasteiger partial charge in [0.15, 0.2) is 0 Å². The molecule has 0 aromatic carbocycles. The number of carbonyl (C=O) groups is 1. The normalized spacial score (nSPS) is 26.9. The molecule has 5 heteroatoms. The number of rotatable bonds is 2. The highest BCUT2D eigenvalue weighted by molar-refractivity contribution is 5.95. The lowest BCUT2D eigenvalue weighted by Gasteiger charge is -2.23. The van der Waals surface area contributed by atoms with Crippen LogP contribution >= 0.6 is 0 Å². The van der Waals surface area contributed by atoms with E-state index in [0.717, 1.165) is 13.1 Å². The van der Waals surface area contributed by atoms with Gasteiger partial charge in [-0.15, -0.1) is 6.42 Å². The molecule has 3 atom stereocenters. The molecule has 4 heterocycles. The van der Waals surface area contributed by atoms with Gasteiger partial charge >= 0.3 is 0 Å². The summed E-state index contributed by atoms with van der Waals surface area (Å²) in [6, 6.07) is 3.87. The van der Waals surface area contributed by atoms with Crippen molar-refractivity contribution in [2.24, 2.45) is 5.92 Å². The number of hydrogen-bond donors (Lipinski definition) is 1. The summed E-state index contributed by atoms with van der Waals surface area (Å²) in [5, 5.41) is 3.15. The van der Waals surface area contributed by atoms with E-state index < -0.39 is 0 Å². The molecule has 4 rings (SSSR count). The molecular formula is C16H16N4O. The number of pyridine rings is 1. The zero-order valence-electron chi connectivity index (χ0n) is 11.6. The summed E-state index contributed by atoms with van der Waals surface area (Å²) >= 11 is 0. The fraction of sp³-hybridized carbons (Fsp3) is 0.375. The highest BCUT2D eigenvalue weighted by Gasteiger charge is 2.38. The fourth-order valence-electron chi connectivity index (χ4n) is 3.39. The molecule has 2 aromatic rings. The van der Waals surface area contributed by atoms with Gasteiger partial charge in [-0.2, -0.15) is 0 Å². The second kappa shape index (κ2) is 4.61. The Morgan fingerprint density at radius 2 is 2.38 bits per heavy atom. The van der Waals surface area contributed by atoms with Crippen LogP contribution in [0.4, 0.5) is 0 Å². The Hall–Kier alpha value is -2.32. The van der Waals surface area contributed by atoms with Crippen LogP contribution in [-0.4, -0.2) is 45.9 Å². The topological polar surface area (TPSA) is 49.6 Å². The van der Waals surface area contributed by atoms with Crippen LogP contribution in [0, 0.1) is 18.3 Å². The van der Waals surface area contributed by atoms with E-state index in [-0.39, 0.29) is 11.9 Å². The number of amides is 1. The van der Waals surface area contributed by atoms with E-state index in [1.807, 2.05) is 10.6 Å². The lowest BCUT2D eigenvalue weighted by Crippen LogP contribution is -2.43. The second-order valence-electron chi connectivity index (χ2n) is 5.84. The summed E-state index contributed by atoms with van der Waals surface area (Å²) < 4.78 is 1.83. The van der Waals surface area contributed by atoms with Gasteiger partial charge < -0.3 is 14.6 Å². The first-order valence-corrected chi connectivity index (χ1v) is 7.21. The van der Waals surface area contributed by atoms with Crippen LogP contribution in [0.2, 0.25) is 0 Å². The molecule has 5 nitrogen and oxygen atoms in total. The van der Waals surface area contributed by atoms with Gasteiger partial charge in [-0.25, -0.2) is 4.98 Å². The molecule has 2 aromatic heterocycles. The van der Waals surface area contributed by atoms with Gasteiger partial charge in [-0.05, 0) is 36.9 Å². The first-order valence-electron chi connectivity index (χ1n) is 7.21. The molecule has 2 saturated heterocycles. The first kappa shape index (κ1) is 12.4. The molecule has 2 aliphatic rings. The van der Waals surface area contributed by atoms with Crippen LogP contribution in [-0.2, 0) is 0 Å². The van der Waals surface area contributed by atoms with Gasteiger partial charge in [0, 0.05) is 37.1 Å². The lowest BCUT2D eigenvalue weighted by atomic mass is 10.00. The molecule has 1 N–H and O–H groups in total. The highest BCUT2D eigenvalue weighted by Crippen LogP contribution is 2.27. The van der Waals surface area contributed by atoms with Crippen molar-refractivity contribution >= 4 is 11.6 Å². The molecule has 3 unspecified atom stereocenters. The van der Waals surface area contributed by atoms with Crippen LogP contribution in [0.1, 0.15) is 22.5 Å². The second-order valence-corrected chi connectivity index (χ2v) is 5.84. The minimum atomic E-state index is -0.0264. The molecule has 106 valence electrons. The minimum Gasteiger partial charge on any atom is -0.348 e. The summed E-state index contributed by atoms with van der Waals surface area (Å²) in [6.45, 7) is 3.27. The molecule has 21 heavy (non-hydrogen) atoms. The van der Waals surface area contributed by atoms with Crippen molar-refractivity contribution in [2.45, 2.75) is 12.5 Å². The van der Waals surface area contributed by atoms with Gasteiger partial charge in [-0.3, -0.25) is 4.79 Å². The van der Waals surface area contributed by atoms with Crippen molar-refractivity contribution in [1.82, 2.24) is 19.6 Å². The zero-order chi connectivity index (χ0) is 14.4. The van der Waals surface area contributed by atoms with E-state index in [9.17, 15) is 4.79 Å². The number of terminal acetylenes is 1. The number of aromatic nitrogens is 2. The molecule has 0 aliphatic carbocycles. The molecule has 0 saturated carbocycles. The average Bonchev–Trinajstić information content (AvgIpc) is 3.20. The maximum atomic E-state index is 12.4. The van der Waals surface area contributed by atoms with Crippen LogP contribution < -0.4 is 5.32 Å². The van der Waals surface area contributed by atoms with E-state index >= 15 is 0 Å². The van der Waals surface area contributed by atoms with Crippen molar-refractivity contribution in [1.29, 1.82) is 0 Å². The quantitative estimate of drug-likeness (QED) is 0.826. The standard InChI is InChI=1S/C16H16N4O/c1-2-13-9-20-6-4-11(7-15(20)17-13)16(21)18-14-10-19-5-3-12(14)8-19/h1,4,6-7,9,12,14H,3,5,8,10H2,(H,18,21). The summed E-state index contributed by atoms with van der Waals surface area (Å²) in [5.74, 6) is 3.09. The predicted molar refractivity (Wildman–Crippen MR) is 78.9 cm³/mol. The van der Waals surface area contributed by atoms with Crippen molar-refractivity contribution < 1.29 is 4.79 Å². The molecular weight excluding hydrogens is 264 g/mol. The minimum absolute atomic E-state index is 0.0264. The highest BCUT2D eigenvalue weighted by atomic mass is 16.1. The average molecular weight is 280 g/mol. The Labute approximate surface area is 123 Å². The third-order valence-corrected chi connectivity index (χ3v) is 4.52. The Morgan fingerprint density at radius 3 is 3.10 bits per heavy atom. The lowest BCUT2D eigenvalue weighted by molar-refractivity contribution is 0.0924. The molecule has 0 radical (unpaired) electrons. The monoisotopic (exact) mass is 280 g/mol. The third kappa shape index (κ3) is 2.08. The molecule has 2 bridgehead atoms. The van der Waals surface area contributed by atoms with Crippen LogP contribution in [0.3, 0.4) is 0 Å². The number of fused-ring (bicyclic) bond motifs is 3. The summed E-state index contributed by atoms with van der Waals surface area (Å²) in [6.07, 6.45) is 10.1. The maximum absolute atomic E-state index is 12.4. The van der Waals surface area contributed by atoms with Crippen molar-refractivity contribution in [3.05, 3.63) is 35.8 Å². The van der Waals surface area contributed by atoms with Crippen LogP contribution in [0.15, 0.2) is 24.5 Å². The van der Waals surface area contributed by atoms with Gasteiger partial charge in [0.05, 0.1) is 0 Å². The number of piperidine rings is 1. The summed E-state index contributed by atoms with van der Waals surface area (Å²) in [5.41, 5.74) is 1.91. The number of nitrogens with zero attached hydrogens (tertiary/aromatic N) is 3. The molecule has 2 aliphatic heterocycles. The summed E-state index contributed by atoms with van der Waals surface area (Å²) in [7, 11) is 0. The largest absolute Gasteiger partial charge is 0.348 e. The van der Waals surface area contributed by atoms with Gasteiger partial charge in [-0.1, -0.05) is 0 Å². The van der Waals surface area contributed by atoms with Gasteiger partial charge in [0.1, 0.15) is 11.3 Å². The third-order valence-electron chi connectivity index (χ3n) is 4.52. The SMILES string of the molecule is C#Cc1cn2ccc(C(=O)NC3CN4CCC3C4)cc2n1. The Bertz CT molecular complexity index is 757. The number of nitrogens with one attached hydrogen (secondary N) is 1. The molecule has 2 fully saturated rings. The Kier molecular flexibility index (Phi) is 2.72. The predicted octanol–water partition coefficient (Wildman–Crippen LogP) is 0.749. The molecule has 1 amide bonds. The van der Waals surface area contributed by atoms with Crippen molar-refractivity contribution in [3.8, 4) is 12.3 Å². The van der Waals surface area contributed by atoms with E-state index in [1.54, 1.807) is 18.3 Å². The summed E-state index contributed by atoms with van der Waals surface area (Å²) in [4.78, 5) is 19.1. The fourth-order valence-corrected chi connectivity index (χ4v) is 3.39. The smallest absolute Gasteiger partial charge is 0.251 e. The van der Waals surface area contributed by atoms with Gasteiger partial charge in [0.2, 0.25) is 0 Å². The van der Waals surface area contributed by atoms with E-state index in [2.05, 4.69) is 21.1 Å². The number of carbonyl (C=O) groups excluding carboxylic acids is 1. The van der Waals surface area contributed by atoms with Crippen LogP contribution in [0.5, 0.6) is 0 Å². The van der Waals surface area contributed by atoms with Crippen LogP contribution in [0.25, 0.3) is 5.65 Å². The maximum Gasteiger partial charge on any atom is 0.251 e. The number of hydrogen-bond acceptors (Lipinski definition) is 3. The van der Waals surface area contributed by atoms with E-state index in [0.29, 0.717) is 22.8 Å². The van der Waals surface area contributed by atoms with E-state index in [1.165, 1.54) is 13.0 Å². The van der Waals surface area contributed by atoms with E-state index in [4.69, 9.17) is 6.42 Å². The van der Waals surface area contributed by atoms with Gasteiger partial charge in [0.25, 0.3) is 5.91 Å². The Morgan fingerprint density at radius 1 is 1.48 bits per heavy atom.